The van der Waals surface area contributed by atoms with Crippen molar-refractivity contribution in [1.29, 1.82) is 0 Å². The molecule has 116 valence electrons. The van der Waals surface area contributed by atoms with Gasteiger partial charge in [0.1, 0.15) is 5.82 Å². The van der Waals surface area contributed by atoms with Crippen LogP contribution in [0.2, 0.25) is 0 Å². The molecule has 0 aromatic heterocycles. The van der Waals surface area contributed by atoms with Crippen LogP contribution in [0, 0.1) is 5.82 Å². The number of sulfone groups is 1. The summed E-state index contributed by atoms with van der Waals surface area (Å²) in [6.45, 7) is 2.50. The molecule has 7 heteroatoms. The second-order valence-electron chi connectivity index (χ2n) is 5.16. The molecule has 1 heterocycles. The molecule has 1 aliphatic heterocycles. The van der Waals surface area contributed by atoms with Crippen LogP contribution in [0.3, 0.4) is 0 Å². The van der Waals surface area contributed by atoms with E-state index >= 15 is 0 Å². The number of carbonyl (C=O) groups is 1. The van der Waals surface area contributed by atoms with E-state index < -0.39 is 27.6 Å². The highest BCUT2D eigenvalue weighted by atomic mass is 32.2. The van der Waals surface area contributed by atoms with E-state index in [1.165, 1.54) is 18.2 Å². The topological polar surface area (TPSA) is 75.3 Å². The molecule has 2 rings (SSSR count). The second kappa shape index (κ2) is 6.43. The van der Waals surface area contributed by atoms with Crippen molar-refractivity contribution < 1.29 is 17.6 Å². The van der Waals surface area contributed by atoms with Crippen LogP contribution in [-0.2, 0) is 9.84 Å². The van der Waals surface area contributed by atoms with Gasteiger partial charge in [0.05, 0.1) is 22.8 Å². The van der Waals surface area contributed by atoms with Gasteiger partial charge >= 0.3 is 0 Å². The predicted molar refractivity (Wildman–Crippen MR) is 79.7 cm³/mol. The van der Waals surface area contributed by atoms with Gasteiger partial charge in [0.15, 0.2) is 9.84 Å². The van der Waals surface area contributed by atoms with E-state index in [4.69, 9.17) is 0 Å². The molecule has 0 radical (unpaired) electrons. The molecule has 1 aromatic carbocycles. The molecular weight excluding hydrogens is 295 g/mol. The lowest BCUT2D eigenvalue weighted by atomic mass is 10.1. The van der Waals surface area contributed by atoms with Crippen molar-refractivity contribution in [1.82, 2.24) is 5.32 Å². The van der Waals surface area contributed by atoms with E-state index in [2.05, 4.69) is 10.6 Å². The smallest absolute Gasteiger partial charge is 0.253 e. The van der Waals surface area contributed by atoms with Crippen molar-refractivity contribution in [2.24, 2.45) is 0 Å². The van der Waals surface area contributed by atoms with Crippen LogP contribution >= 0.6 is 0 Å². The highest BCUT2D eigenvalue weighted by molar-refractivity contribution is 7.91. The maximum Gasteiger partial charge on any atom is 0.253 e. The maximum atomic E-state index is 13.8. The SMILES string of the molecule is CCCNc1c(F)cccc1C(=O)NC1CCS(=O)(=O)C1. The van der Waals surface area contributed by atoms with Crippen LogP contribution < -0.4 is 10.6 Å². The summed E-state index contributed by atoms with van der Waals surface area (Å²) in [5.74, 6) is -0.904. The van der Waals surface area contributed by atoms with Crippen LogP contribution in [0.1, 0.15) is 30.1 Å². The van der Waals surface area contributed by atoms with Crippen LogP contribution in [-0.4, -0.2) is 38.4 Å². The van der Waals surface area contributed by atoms with Gasteiger partial charge in [0.2, 0.25) is 0 Å². The molecule has 0 aliphatic carbocycles. The lowest BCUT2D eigenvalue weighted by molar-refractivity contribution is 0.0941. The normalized spacial score (nSPS) is 20.2. The largest absolute Gasteiger partial charge is 0.382 e. The Morgan fingerprint density at radius 3 is 2.81 bits per heavy atom. The van der Waals surface area contributed by atoms with E-state index in [9.17, 15) is 17.6 Å². The van der Waals surface area contributed by atoms with E-state index in [1.807, 2.05) is 6.92 Å². The van der Waals surface area contributed by atoms with Gasteiger partial charge in [-0.15, -0.1) is 0 Å². The fourth-order valence-electron chi connectivity index (χ4n) is 2.32. The number of nitrogens with one attached hydrogen (secondary N) is 2. The summed E-state index contributed by atoms with van der Waals surface area (Å²) in [7, 11) is -3.06. The summed E-state index contributed by atoms with van der Waals surface area (Å²) < 4.78 is 36.6. The molecule has 1 aromatic rings. The second-order valence-corrected chi connectivity index (χ2v) is 7.39. The summed E-state index contributed by atoms with van der Waals surface area (Å²) in [6.07, 6.45) is 1.21. The quantitative estimate of drug-likeness (QED) is 0.865. The number of rotatable bonds is 5. The molecule has 0 saturated carbocycles. The molecule has 0 bridgehead atoms. The standard InChI is InChI=1S/C14H19FN2O3S/c1-2-7-16-13-11(4-3-5-12(13)15)14(18)17-10-6-8-21(19,20)9-10/h3-5,10,16H,2,6-9H2,1H3,(H,17,18). The Morgan fingerprint density at radius 2 is 2.19 bits per heavy atom. The number of para-hydroxylation sites is 1. The van der Waals surface area contributed by atoms with Gasteiger partial charge in [0.25, 0.3) is 5.91 Å². The Balaban J connectivity index is 2.14. The van der Waals surface area contributed by atoms with Gasteiger partial charge in [-0.2, -0.15) is 0 Å². The number of carbonyl (C=O) groups excluding carboxylic acids is 1. The third-order valence-corrected chi connectivity index (χ3v) is 5.15. The number of amides is 1. The highest BCUT2D eigenvalue weighted by Gasteiger charge is 2.29. The van der Waals surface area contributed by atoms with Crippen LogP contribution in [0.25, 0.3) is 0 Å². The first-order valence-corrected chi connectivity index (χ1v) is 8.79. The summed E-state index contributed by atoms with van der Waals surface area (Å²) >= 11 is 0. The number of hydrogen-bond donors (Lipinski definition) is 2. The lowest BCUT2D eigenvalue weighted by Gasteiger charge is -2.15. The predicted octanol–water partition coefficient (Wildman–Crippen LogP) is 1.56. The van der Waals surface area contributed by atoms with Crippen molar-refractivity contribution >= 4 is 21.4 Å². The minimum Gasteiger partial charge on any atom is -0.382 e. The molecule has 1 unspecified atom stereocenters. The molecule has 5 nitrogen and oxygen atoms in total. The molecular formula is C14H19FN2O3S. The molecule has 0 spiro atoms. The minimum atomic E-state index is -3.06. The van der Waals surface area contributed by atoms with Gasteiger partial charge in [-0.05, 0) is 25.0 Å². The van der Waals surface area contributed by atoms with Gasteiger partial charge in [-0.25, -0.2) is 12.8 Å². The lowest BCUT2D eigenvalue weighted by Crippen LogP contribution is -2.36. The Kier molecular flexibility index (Phi) is 4.82. The summed E-state index contributed by atoms with van der Waals surface area (Å²) in [5, 5.41) is 5.57. The van der Waals surface area contributed by atoms with Crippen molar-refractivity contribution in [3.63, 3.8) is 0 Å². The molecule has 1 fully saturated rings. The van der Waals surface area contributed by atoms with E-state index in [0.29, 0.717) is 13.0 Å². The Bertz CT molecular complexity index is 631. The van der Waals surface area contributed by atoms with Crippen molar-refractivity contribution in [2.75, 3.05) is 23.4 Å². The van der Waals surface area contributed by atoms with E-state index in [0.717, 1.165) is 6.42 Å². The molecule has 1 amide bonds. The van der Waals surface area contributed by atoms with Gasteiger partial charge in [-0.1, -0.05) is 13.0 Å². The zero-order valence-corrected chi connectivity index (χ0v) is 12.7. The van der Waals surface area contributed by atoms with Crippen molar-refractivity contribution in [2.45, 2.75) is 25.8 Å². The average molecular weight is 314 g/mol. The van der Waals surface area contributed by atoms with Gasteiger partial charge in [-0.3, -0.25) is 4.79 Å². The number of anilines is 1. The first-order valence-electron chi connectivity index (χ1n) is 6.96. The molecule has 2 N–H and O–H groups in total. The number of halogens is 1. The molecule has 21 heavy (non-hydrogen) atoms. The zero-order chi connectivity index (χ0) is 15.5. The minimum absolute atomic E-state index is 0.0498. The third kappa shape index (κ3) is 3.93. The Labute approximate surface area is 123 Å². The van der Waals surface area contributed by atoms with Gasteiger partial charge in [0, 0.05) is 12.6 Å². The Morgan fingerprint density at radius 1 is 1.43 bits per heavy atom. The van der Waals surface area contributed by atoms with Gasteiger partial charge < -0.3 is 10.6 Å². The third-order valence-electron chi connectivity index (χ3n) is 3.38. The van der Waals surface area contributed by atoms with Crippen LogP contribution in [0.5, 0.6) is 0 Å². The molecule has 1 aliphatic rings. The first kappa shape index (κ1) is 15.8. The average Bonchev–Trinajstić information content (AvgIpc) is 2.76. The maximum absolute atomic E-state index is 13.8. The van der Waals surface area contributed by atoms with Crippen molar-refractivity contribution in [3.8, 4) is 0 Å². The van der Waals surface area contributed by atoms with E-state index in [1.54, 1.807) is 0 Å². The fourth-order valence-corrected chi connectivity index (χ4v) is 3.99. The number of benzene rings is 1. The first-order chi connectivity index (χ1) is 9.93. The van der Waals surface area contributed by atoms with E-state index in [-0.39, 0.29) is 22.8 Å². The Hall–Kier alpha value is -1.63. The zero-order valence-electron chi connectivity index (χ0n) is 11.9. The molecule has 1 saturated heterocycles. The van der Waals surface area contributed by atoms with Crippen LogP contribution in [0.15, 0.2) is 18.2 Å². The highest BCUT2D eigenvalue weighted by Crippen LogP contribution is 2.21. The molecule has 1 atom stereocenters. The summed E-state index contributed by atoms with van der Waals surface area (Å²) in [4.78, 5) is 12.2. The van der Waals surface area contributed by atoms with Crippen molar-refractivity contribution in [3.05, 3.63) is 29.6 Å². The monoisotopic (exact) mass is 314 g/mol. The summed E-state index contributed by atoms with van der Waals surface area (Å²) in [6, 6.07) is 3.88. The van der Waals surface area contributed by atoms with Crippen LogP contribution in [0.4, 0.5) is 10.1 Å². The summed E-state index contributed by atoms with van der Waals surface area (Å²) in [5.41, 5.74) is 0.366. The fraction of sp³-hybridized carbons (Fsp3) is 0.500. The number of hydrogen-bond acceptors (Lipinski definition) is 4.